The van der Waals surface area contributed by atoms with Crippen molar-refractivity contribution in [2.75, 3.05) is 0 Å². The van der Waals surface area contributed by atoms with Gasteiger partial charge in [-0.2, -0.15) is 0 Å². The van der Waals surface area contributed by atoms with Crippen LogP contribution in [0, 0.1) is 0 Å². The van der Waals surface area contributed by atoms with Crippen LogP contribution in [0.5, 0.6) is 0 Å². The molecule has 0 aliphatic carbocycles. The van der Waals surface area contributed by atoms with Gasteiger partial charge < -0.3 is 5.11 Å². The highest BCUT2D eigenvalue weighted by molar-refractivity contribution is 4.85. The van der Waals surface area contributed by atoms with Crippen molar-refractivity contribution in [3.8, 4) is 0 Å². The Hall–Kier alpha value is -0.300. The molecule has 54 valence electrons. The van der Waals surface area contributed by atoms with E-state index in [1.54, 1.807) is 6.92 Å². The minimum absolute atomic E-state index is 0.276. The van der Waals surface area contributed by atoms with Crippen LogP contribution in [0.4, 0.5) is 0 Å². The first-order valence-corrected chi connectivity index (χ1v) is 3.62. The summed E-state index contributed by atoms with van der Waals surface area (Å²) in [7, 11) is 0. The van der Waals surface area contributed by atoms with Crippen LogP contribution in [-0.2, 0) is 0 Å². The zero-order chi connectivity index (χ0) is 7.11. The van der Waals surface area contributed by atoms with Gasteiger partial charge >= 0.3 is 0 Å². The topological polar surface area (TPSA) is 20.2 Å². The quantitative estimate of drug-likeness (QED) is 0.454. The highest BCUT2D eigenvalue weighted by atomic mass is 16.3. The van der Waals surface area contributed by atoms with Gasteiger partial charge in [-0.3, -0.25) is 0 Å². The summed E-state index contributed by atoms with van der Waals surface area (Å²) in [6.07, 6.45) is 7.14. The highest BCUT2D eigenvalue weighted by Crippen LogP contribution is 1.95. The molecule has 9 heavy (non-hydrogen) atoms. The molecule has 0 aromatic heterocycles. The highest BCUT2D eigenvalue weighted by Gasteiger charge is 1.83. The predicted molar refractivity (Wildman–Crippen MR) is 40.3 cm³/mol. The predicted octanol–water partition coefficient (Wildman–Crippen LogP) is 2.11. The van der Waals surface area contributed by atoms with Crippen molar-refractivity contribution in [1.29, 1.82) is 0 Å². The minimum atomic E-state index is -0.276. The Kier molecular flexibility index (Phi) is 5.64. The lowest BCUT2D eigenvalue weighted by Crippen LogP contribution is -1.91. The Morgan fingerprint density at radius 2 is 2.22 bits per heavy atom. The van der Waals surface area contributed by atoms with E-state index in [2.05, 4.69) is 6.92 Å². The molecule has 0 spiro atoms. The molecule has 0 aromatic carbocycles. The van der Waals surface area contributed by atoms with E-state index in [1.165, 1.54) is 12.8 Å². The molecule has 0 saturated carbocycles. The van der Waals surface area contributed by atoms with E-state index in [1.807, 2.05) is 12.2 Å². The molecule has 0 saturated heterocycles. The van der Waals surface area contributed by atoms with Gasteiger partial charge in [-0.15, -0.1) is 0 Å². The van der Waals surface area contributed by atoms with Crippen LogP contribution in [0.1, 0.15) is 33.1 Å². The van der Waals surface area contributed by atoms with Gasteiger partial charge in [0, 0.05) is 0 Å². The summed E-state index contributed by atoms with van der Waals surface area (Å²) >= 11 is 0. The number of hydrogen-bond donors (Lipinski definition) is 1. The van der Waals surface area contributed by atoms with Gasteiger partial charge in [0.05, 0.1) is 6.10 Å². The standard InChI is InChI=1S/C8H16O/c1-3-4-5-6-7-8(2)9/h6-9H,3-5H2,1-2H3/b7-6+. The summed E-state index contributed by atoms with van der Waals surface area (Å²) in [6.45, 7) is 3.93. The van der Waals surface area contributed by atoms with Gasteiger partial charge in [0.15, 0.2) is 0 Å². The first-order chi connectivity index (χ1) is 4.27. The van der Waals surface area contributed by atoms with Crippen LogP contribution < -0.4 is 0 Å². The smallest absolute Gasteiger partial charge is 0.0692 e. The van der Waals surface area contributed by atoms with Crippen molar-refractivity contribution in [3.63, 3.8) is 0 Å². The summed E-state index contributed by atoms with van der Waals surface area (Å²) in [5, 5.41) is 8.76. The third-order valence-electron chi connectivity index (χ3n) is 1.14. The number of hydrogen-bond acceptors (Lipinski definition) is 1. The summed E-state index contributed by atoms with van der Waals surface area (Å²) in [4.78, 5) is 0. The van der Waals surface area contributed by atoms with Crippen LogP contribution in [-0.4, -0.2) is 11.2 Å². The Morgan fingerprint density at radius 3 is 2.67 bits per heavy atom. The minimum Gasteiger partial charge on any atom is -0.389 e. The summed E-state index contributed by atoms with van der Waals surface area (Å²) in [6, 6.07) is 0. The van der Waals surface area contributed by atoms with E-state index >= 15 is 0 Å². The zero-order valence-corrected chi connectivity index (χ0v) is 6.30. The van der Waals surface area contributed by atoms with E-state index in [0.717, 1.165) is 6.42 Å². The maximum Gasteiger partial charge on any atom is 0.0692 e. The van der Waals surface area contributed by atoms with Gasteiger partial charge in [-0.05, 0) is 13.3 Å². The van der Waals surface area contributed by atoms with Gasteiger partial charge in [0.1, 0.15) is 0 Å². The molecular formula is C8H16O. The lowest BCUT2D eigenvalue weighted by atomic mass is 10.2. The molecule has 1 atom stereocenters. The van der Waals surface area contributed by atoms with Crippen LogP contribution >= 0.6 is 0 Å². The fourth-order valence-corrected chi connectivity index (χ4v) is 0.615. The monoisotopic (exact) mass is 128 g/mol. The normalized spacial score (nSPS) is 14.6. The molecule has 0 aliphatic rings. The fraction of sp³-hybridized carbons (Fsp3) is 0.750. The molecule has 0 amide bonds. The first kappa shape index (κ1) is 8.70. The van der Waals surface area contributed by atoms with Gasteiger partial charge in [0.25, 0.3) is 0 Å². The molecule has 1 unspecified atom stereocenters. The summed E-state index contributed by atoms with van der Waals surface area (Å²) in [5.74, 6) is 0. The zero-order valence-electron chi connectivity index (χ0n) is 6.30. The van der Waals surface area contributed by atoms with Crippen molar-refractivity contribution in [2.24, 2.45) is 0 Å². The van der Waals surface area contributed by atoms with Crippen LogP contribution in [0.2, 0.25) is 0 Å². The lowest BCUT2D eigenvalue weighted by molar-refractivity contribution is 0.244. The number of unbranched alkanes of at least 4 members (excludes halogenated alkanes) is 2. The van der Waals surface area contributed by atoms with E-state index in [4.69, 9.17) is 5.11 Å². The molecule has 0 fully saturated rings. The molecular weight excluding hydrogens is 112 g/mol. The number of aliphatic hydroxyl groups excluding tert-OH is 1. The second-order valence-electron chi connectivity index (χ2n) is 2.31. The molecule has 0 bridgehead atoms. The van der Waals surface area contributed by atoms with E-state index in [9.17, 15) is 0 Å². The third kappa shape index (κ3) is 7.70. The Balaban J connectivity index is 3.04. The molecule has 1 N–H and O–H groups in total. The summed E-state index contributed by atoms with van der Waals surface area (Å²) < 4.78 is 0. The third-order valence-corrected chi connectivity index (χ3v) is 1.14. The average molecular weight is 128 g/mol. The maximum absolute atomic E-state index is 8.76. The van der Waals surface area contributed by atoms with Crippen molar-refractivity contribution in [2.45, 2.75) is 39.2 Å². The second kappa shape index (κ2) is 5.83. The number of aliphatic hydroxyl groups is 1. The maximum atomic E-state index is 8.76. The Bertz CT molecular complexity index is 74.6. The van der Waals surface area contributed by atoms with Crippen LogP contribution in [0.3, 0.4) is 0 Å². The molecule has 0 radical (unpaired) electrons. The molecule has 1 nitrogen and oxygen atoms in total. The molecule has 0 aliphatic heterocycles. The lowest BCUT2D eigenvalue weighted by Gasteiger charge is -1.92. The number of rotatable bonds is 4. The SMILES string of the molecule is CCCC/C=C/C(C)O. The van der Waals surface area contributed by atoms with Crippen molar-refractivity contribution in [3.05, 3.63) is 12.2 Å². The van der Waals surface area contributed by atoms with Gasteiger partial charge in [0.2, 0.25) is 0 Å². The molecule has 0 heterocycles. The largest absolute Gasteiger partial charge is 0.389 e. The van der Waals surface area contributed by atoms with Crippen molar-refractivity contribution < 1.29 is 5.11 Å². The van der Waals surface area contributed by atoms with Crippen LogP contribution in [0.25, 0.3) is 0 Å². The van der Waals surface area contributed by atoms with E-state index in [-0.39, 0.29) is 6.10 Å². The van der Waals surface area contributed by atoms with Crippen molar-refractivity contribution in [1.82, 2.24) is 0 Å². The second-order valence-corrected chi connectivity index (χ2v) is 2.31. The van der Waals surface area contributed by atoms with Crippen LogP contribution in [0.15, 0.2) is 12.2 Å². The Morgan fingerprint density at radius 1 is 1.56 bits per heavy atom. The Labute approximate surface area is 57.4 Å². The van der Waals surface area contributed by atoms with E-state index < -0.39 is 0 Å². The fourth-order valence-electron chi connectivity index (χ4n) is 0.615. The molecule has 0 aromatic rings. The molecule has 1 heteroatoms. The summed E-state index contributed by atoms with van der Waals surface area (Å²) in [5.41, 5.74) is 0. The number of allylic oxidation sites excluding steroid dienone is 1. The first-order valence-electron chi connectivity index (χ1n) is 3.62. The van der Waals surface area contributed by atoms with Gasteiger partial charge in [-0.25, -0.2) is 0 Å². The van der Waals surface area contributed by atoms with Crippen molar-refractivity contribution >= 4 is 0 Å². The van der Waals surface area contributed by atoms with E-state index in [0.29, 0.717) is 0 Å². The van der Waals surface area contributed by atoms with Gasteiger partial charge in [-0.1, -0.05) is 31.9 Å². The molecule has 0 rings (SSSR count). The average Bonchev–Trinajstić information content (AvgIpc) is 1.80.